The number of amides is 1. The van der Waals surface area contributed by atoms with Crippen LogP contribution in [0.2, 0.25) is 0 Å². The molecule has 4 heteroatoms. The topological polar surface area (TPSA) is 45.5 Å². The van der Waals surface area contributed by atoms with E-state index in [1.807, 2.05) is 30.3 Å². The lowest BCUT2D eigenvalue weighted by molar-refractivity contribution is -0.129. The van der Waals surface area contributed by atoms with Crippen LogP contribution in [0.15, 0.2) is 77.4 Å². The smallest absolute Gasteiger partial charge is 0.236 e. The fourth-order valence-electron chi connectivity index (χ4n) is 2.81. The first-order valence-corrected chi connectivity index (χ1v) is 8.78. The Kier molecular flexibility index (Phi) is 5.87. The first-order chi connectivity index (χ1) is 12.6. The fraction of sp³-hybridized carbons (Fsp3) is 0.227. The Labute approximate surface area is 154 Å². The zero-order chi connectivity index (χ0) is 18.4. The minimum atomic E-state index is 0.0363. The van der Waals surface area contributed by atoms with Crippen LogP contribution in [0, 0.1) is 0 Å². The van der Waals surface area contributed by atoms with Crippen LogP contribution in [0.25, 0.3) is 11.1 Å². The monoisotopic (exact) mass is 348 g/mol. The molecular formula is C22H24N2O2. The standard InChI is InChI=1S/C22H24N2O2/c1-17(23-15-22(25)24(2)16-21-9-6-14-26-21)18-10-12-20(13-11-18)19-7-4-3-5-8-19/h3-14,17,23H,15-16H2,1-2H3/t17-/m0/s1. The molecule has 0 aliphatic carbocycles. The van der Waals surface area contributed by atoms with Crippen LogP contribution >= 0.6 is 0 Å². The molecule has 0 aliphatic rings. The second-order valence-corrected chi connectivity index (χ2v) is 6.42. The average Bonchev–Trinajstić information content (AvgIpc) is 3.19. The molecule has 1 heterocycles. The van der Waals surface area contributed by atoms with E-state index in [1.165, 1.54) is 11.1 Å². The lowest BCUT2D eigenvalue weighted by Crippen LogP contribution is -2.36. The molecule has 1 N–H and O–H groups in total. The van der Waals surface area contributed by atoms with Gasteiger partial charge in [0.2, 0.25) is 5.91 Å². The second kappa shape index (κ2) is 8.50. The highest BCUT2D eigenvalue weighted by atomic mass is 16.3. The Morgan fingerprint density at radius 3 is 2.35 bits per heavy atom. The highest BCUT2D eigenvalue weighted by Gasteiger charge is 2.13. The number of hydrogen-bond acceptors (Lipinski definition) is 3. The Bertz CT molecular complexity index is 811. The summed E-state index contributed by atoms with van der Waals surface area (Å²) >= 11 is 0. The van der Waals surface area contributed by atoms with E-state index in [0.717, 1.165) is 11.3 Å². The Balaban J connectivity index is 1.53. The third kappa shape index (κ3) is 4.61. The molecule has 0 unspecified atom stereocenters. The van der Waals surface area contributed by atoms with Gasteiger partial charge in [-0.25, -0.2) is 0 Å². The zero-order valence-corrected chi connectivity index (χ0v) is 15.2. The van der Waals surface area contributed by atoms with Crippen molar-refractivity contribution in [3.05, 3.63) is 84.3 Å². The molecule has 1 amide bonds. The number of carbonyl (C=O) groups excluding carboxylic acids is 1. The number of rotatable bonds is 7. The van der Waals surface area contributed by atoms with Crippen molar-refractivity contribution in [1.29, 1.82) is 0 Å². The van der Waals surface area contributed by atoms with E-state index in [0.29, 0.717) is 13.1 Å². The van der Waals surface area contributed by atoms with Crippen LogP contribution in [0.4, 0.5) is 0 Å². The molecule has 0 saturated heterocycles. The first kappa shape index (κ1) is 18.0. The molecule has 0 saturated carbocycles. The van der Waals surface area contributed by atoms with E-state index in [-0.39, 0.29) is 11.9 Å². The summed E-state index contributed by atoms with van der Waals surface area (Å²) in [5, 5.41) is 3.30. The number of nitrogens with zero attached hydrogens (tertiary/aromatic N) is 1. The molecule has 0 aliphatic heterocycles. The molecular weight excluding hydrogens is 324 g/mol. The Hall–Kier alpha value is -2.85. The van der Waals surface area contributed by atoms with E-state index in [4.69, 9.17) is 4.42 Å². The van der Waals surface area contributed by atoms with Crippen molar-refractivity contribution in [1.82, 2.24) is 10.2 Å². The maximum atomic E-state index is 12.3. The highest BCUT2D eigenvalue weighted by Crippen LogP contribution is 2.21. The van der Waals surface area contributed by atoms with Crippen molar-refractivity contribution in [3.63, 3.8) is 0 Å². The van der Waals surface area contributed by atoms with Gasteiger partial charge in [0.25, 0.3) is 0 Å². The predicted octanol–water partition coefficient (Wildman–Crippen LogP) is 4.26. The fourth-order valence-corrected chi connectivity index (χ4v) is 2.81. The summed E-state index contributed by atoms with van der Waals surface area (Å²) in [6.07, 6.45) is 1.62. The molecule has 134 valence electrons. The Morgan fingerprint density at radius 2 is 1.69 bits per heavy atom. The number of hydrogen-bond donors (Lipinski definition) is 1. The molecule has 3 rings (SSSR count). The van der Waals surface area contributed by atoms with E-state index in [1.54, 1.807) is 18.2 Å². The van der Waals surface area contributed by atoms with Crippen LogP contribution in [0.1, 0.15) is 24.3 Å². The summed E-state index contributed by atoms with van der Waals surface area (Å²) in [6.45, 7) is 2.84. The van der Waals surface area contributed by atoms with Crippen LogP contribution in [0.5, 0.6) is 0 Å². The molecule has 3 aromatic rings. The summed E-state index contributed by atoms with van der Waals surface area (Å²) in [5.74, 6) is 0.819. The molecule has 0 spiro atoms. The first-order valence-electron chi connectivity index (χ1n) is 8.78. The van der Waals surface area contributed by atoms with Gasteiger partial charge in [0.15, 0.2) is 0 Å². The van der Waals surface area contributed by atoms with Gasteiger partial charge in [-0.05, 0) is 35.7 Å². The molecule has 0 fully saturated rings. The van der Waals surface area contributed by atoms with Crippen molar-refractivity contribution >= 4 is 5.91 Å². The molecule has 2 aromatic carbocycles. The van der Waals surface area contributed by atoms with Crippen molar-refractivity contribution in [2.45, 2.75) is 19.5 Å². The van der Waals surface area contributed by atoms with Gasteiger partial charge in [-0.15, -0.1) is 0 Å². The van der Waals surface area contributed by atoms with Crippen LogP contribution < -0.4 is 5.32 Å². The van der Waals surface area contributed by atoms with Crippen molar-refractivity contribution in [2.75, 3.05) is 13.6 Å². The van der Waals surface area contributed by atoms with Crippen LogP contribution in [-0.4, -0.2) is 24.4 Å². The molecule has 4 nitrogen and oxygen atoms in total. The van der Waals surface area contributed by atoms with Gasteiger partial charge in [0, 0.05) is 13.1 Å². The quantitative estimate of drug-likeness (QED) is 0.694. The van der Waals surface area contributed by atoms with Gasteiger partial charge in [0.1, 0.15) is 5.76 Å². The normalized spacial score (nSPS) is 11.9. The van der Waals surface area contributed by atoms with Crippen LogP contribution in [0.3, 0.4) is 0 Å². The van der Waals surface area contributed by atoms with Gasteiger partial charge in [0.05, 0.1) is 19.4 Å². The number of likely N-dealkylation sites (N-methyl/N-ethyl adjacent to an activating group) is 1. The summed E-state index contributed by atoms with van der Waals surface area (Å²) in [5.41, 5.74) is 3.55. The number of benzene rings is 2. The van der Waals surface area contributed by atoms with Crippen LogP contribution in [-0.2, 0) is 11.3 Å². The summed E-state index contributed by atoms with van der Waals surface area (Å²) < 4.78 is 5.28. The highest BCUT2D eigenvalue weighted by molar-refractivity contribution is 5.78. The third-order valence-corrected chi connectivity index (χ3v) is 4.48. The molecule has 26 heavy (non-hydrogen) atoms. The van der Waals surface area contributed by atoms with E-state index in [2.05, 4.69) is 48.6 Å². The summed E-state index contributed by atoms with van der Waals surface area (Å²) in [6, 6.07) is 22.5. The SMILES string of the molecule is C[C@H](NCC(=O)N(C)Cc1ccco1)c1ccc(-c2ccccc2)cc1. The predicted molar refractivity (Wildman–Crippen MR) is 103 cm³/mol. The van der Waals surface area contributed by atoms with Gasteiger partial charge >= 0.3 is 0 Å². The summed E-state index contributed by atoms with van der Waals surface area (Å²) in [7, 11) is 1.78. The zero-order valence-electron chi connectivity index (χ0n) is 15.2. The maximum absolute atomic E-state index is 12.3. The Morgan fingerprint density at radius 1 is 1.00 bits per heavy atom. The van der Waals surface area contributed by atoms with Gasteiger partial charge in [-0.1, -0.05) is 54.6 Å². The van der Waals surface area contributed by atoms with Gasteiger partial charge in [-0.2, -0.15) is 0 Å². The van der Waals surface area contributed by atoms with E-state index < -0.39 is 0 Å². The molecule has 0 bridgehead atoms. The van der Waals surface area contributed by atoms with Crippen molar-refractivity contribution in [3.8, 4) is 11.1 Å². The second-order valence-electron chi connectivity index (χ2n) is 6.42. The largest absolute Gasteiger partial charge is 0.467 e. The molecule has 0 radical (unpaired) electrons. The maximum Gasteiger partial charge on any atom is 0.236 e. The van der Waals surface area contributed by atoms with Gasteiger partial charge < -0.3 is 14.6 Å². The minimum Gasteiger partial charge on any atom is -0.467 e. The number of nitrogens with one attached hydrogen (secondary N) is 1. The number of carbonyl (C=O) groups is 1. The van der Waals surface area contributed by atoms with Crippen molar-refractivity contribution < 1.29 is 9.21 Å². The number of furan rings is 1. The van der Waals surface area contributed by atoms with Crippen molar-refractivity contribution in [2.24, 2.45) is 0 Å². The van der Waals surface area contributed by atoms with E-state index >= 15 is 0 Å². The summed E-state index contributed by atoms with van der Waals surface area (Å²) in [4.78, 5) is 13.9. The van der Waals surface area contributed by atoms with E-state index in [9.17, 15) is 4.79 Å². The van der Waals surface area contributed by atoms with Gasteiger partial charge in [-0.3, -0.25) is 4.79 Å². The lowest BCUT2D eigenvalue weighted by atomic mass is 10.0. The molecule has 1 aromatic heterocycles. The third-order valence-electron chi connectivity index (χ3n) is 4.48. The molecule has 1 atom stereocenters. The average molecular weight is 348 g/mol. The lowest BCUT2D eigenvalue weighted by Gasteiger charge is -2.19. The minimum absolute atomic E-state index is 0.0363.